The molecule has 1 unspecified atom stereocenters. The summed E-state index contributed by atoms with van der Waals surface area (Å²) in [6, 6.07) is 19.5. The molecule has 252 valence electrons. The first kappa shape index (κ1) is 32.8. The Labute approximate surface area is 283 Å². The van der Waals surface area contributed by atoms with Gasteiger partial charge in [0.1, 0.15) is 5.69 Å². The number of carbonyl (C=O) groups is 2. The molecule has 48 heavy (non-hydrogen) atoms. The maximum absolute atomic E-state index is 14.4. The molecule has 1 saturated heterocycles. The Bertz CT molecular complexity index is 1710. The van der Waals surface area contributed by atoms with Crippen molar-refractivity contribution < 1.29 is 23.7 Å². The van der Waals surface area contributed by atoms with E-state index in [9.17, 15) is 9.59 Å². The zero-order valence-electron chi connectivity index (χ0n) is 28.7. The zero-order chi connectivity index (χ0) is 33.7. The first-order valence-electron chi connectivity index (χ1n) is 17.5. The largest absolute Gasteiger partial charge is 0.481 e. The molecular formula is C38H47BN4O5. The highest BCUT2D eigenvalue weighted by molar-refractivity contribution is 6.48. The van der Waals surface area contributed by atoms with Gasteiger partial charge in [0, 0.05) is 37.4 Å². The number of nitrogens with zero attached hydrogens (tertiary/aromatic N) is 2. The Morgan fingerprint density at radius 1 is 1.02 bits per heavy atom. The fourth-order valence-electron chi connectivity index (χ4n) is 8.72. The third kappa shape index (κ3) is 5.91. The molecule has 3 aromatic rings. The fourth-order valence-corrected chi connectivity index (χ4v) is 8.72. The molecule has 2 aliphatic heterocycles. The summed E-state index contributed by atoms with van der Waals surface area (Å²) >= 11 is 0. The number of carbonyl (C=O) groups excluding carboxylic acids is 2. The molecule has 3 heterocycles. The van der Waals surface area contributed by atoms with Gasteiger partial charge in [0.25, 0.3) is 11.8 Å². The number of aromatic nitrogens is 1. The van der Waals surface area contributed by atoms with Gasteiger partial charge in [-0.3, -0.25) is 14.6 Å². The van der Waals surface area contributed by atoms with E-state index in [4.69, 9.17) is 14.1 Å². The van der Waals surface area contributed by atoms with E-state index in [1.165, 1.54) is 6.42 Å². The maximum Gasteiger partial charge on any atom is 0.481 e. The third-order valence-electron chi connectivity index (χ3n) is 11.5. The molecule has 2 aromatic carbocycles. The van der Waals surface area contributed by atoms with E-state index in [-0.39, 0.29) is 34.9 Å². The van der Waals surface area contributed by atoms with Gasteiger partial charge in [-0.15, -0.1) is 0 Å². The molecule has 6 atom stereocenters. The summed E-state index contributed by atoms with van der Waals surface area (Å²) in [4.78, 5) is 38.0. The van der Waals surface area contributed by atoms with Crippen molar-refractivity contribution in [1.82, 2.24) is 15.6 Å². The molecule has 0 spiro atoms. The molecular weight excluding hydrogens is 603 g/mol. The average molecular weight is 651 g/mol. The summed E-state index contributed by atoms with van der Waals surface area (Å²) in [5.41, 5.74) is 0.729. The number of nitrogens with one attached hydrogen (secondary N) is 2. The first-order valence-corrected chi connectivity index (χ1v) is 17.5. The molecule has 0 radical (unpaired) electrons. The molecule has 10 heteroatoms. The normalized spacial score (nSPS) is 29.1. The van der Waals surface area contributed by atoms with E-state index in [1.807, 2.05) is 60.7 Å². The fraction of sp³-hybridized carbons (Fsp3) is 0.526. The van der Waals surface area contributed by atoms with E-state index in [0.717, 1.165) is 28.5 Å². The predicted octanol–water partition coefficient (Wildman–Crippen LogP) is 5.91. The first-order chi connectivity index (χ1) is 23.0. The quantitative estimate of drug-likeness (QED) is 0.250. The lowest BCUT2D eigenvalue weighted by atomic mass is 9.43. The van der Waals surface area contributed by atoms with Crippen molar-refractivity contribution in [3.63, 3.8) is 0 Å². The molecule has 2 amide bonds. The summed E-state index contributed by atoms with van der Waals surface area (Å²) in [6.45, 7) is 11.6. The molecule has 9 nitrogen and oxygen atoms in total. The number of rotatable bonds is 11. The Kier molecular flexibility index (Phi) is 8.61. The highest BCUT2D eigenvalue weighted by Gasteiger charge is 2.68. The summed E-state index contributed by atoms with van der Waals surface area (Å²) in [5, 5.41) is 12.5. The van der Waals surface area contributed by atoms with Crippen LogP contribution in [0.3, 0.4) is 0 Å². The lowest BCUT2D eigenvalue weighted by Crippen LogP contribution is -2.65. The van der Waals surface area contributed by atoms with E-state index in [0.29, 0.717) is 55.7 Å². The van der Waals surface area contributed by atoms with Crippen LogP contribution in [0.15, 0.2) is 72.0 Å². The molecule has 3 aliphatic carbocycles. The van der Waals surface area contributed by atoms with Crippen molar-refractivity contribution in [3.8, 4) is 0 Å². The molecule has 8 rings (SSSR count). The van der Waals surface area contributed by atoms with E-state index >= 15 is 0 Å². The molecule has 1 aromatic heterocycles. The highest BCUT2D eigenvalue weighted by Crippen LogP contribution is 2.65. The van der Waals surface area contributed by atoms with Crippen LogP contribution in [0.25, 0.3) is 10.8 Å². The second-order valence-electron chi connectivity index (χ2n) is 15.5. The van der Waals surface area contributed by atoms with Crippen LogP contribution < -0.4 is 10.6 Å². The van der Waals surface area contributed by atoms with Gasteiger partial charge in [-0.05, 0) is 66.4 Å². The average Bonchev–Trinajstić information content (AvgIpc) is 3.65. The third-order valence-corrected chi connectivity index (χ3v) is 11.5. The number of hydrogen-bond acceptors (Lipinski definition) is 7. The summed E-state index contributed by atoms with van der Waals surface area (Å²) in [7, 11) is -0.532. The van der Waals surface area contributed by atoms with Gasteiger partial charge >= 0.3 is 7.12 Å². The van der Waals surface area contributed by atoms with Crippen LogP contribution >= 0.6 is 0 Å². The van der Waals surface area contributed by atoms with Crippen LogP contribution in [0.2, 0.25) is 0 Å². The maximum atomic E-state index is 14.4. The number of fused-ring (bicyclic) bond motifs is 1. The van der Waals surface area contributed by atoms with E-state index < -0.39 is 12.7 Å². The molecule has 3 saturated carbocycles. The van der Waals surface area contributed by atoms with Gasteiger partial charge in [-0.2, -0.15) is 0 Å². The molecule has 4 fully saturated rings. The number of amides is 2. The number of hydrogen-bond donors (Lipinski definition) is 2. The smallest absolute Gasteiger partial charge is 0.404 e. The van der Waals surface area contributed by atoms with Crippen LogP contribution in [0.1, 0.15) is 82.8 Å². The second-order valence-corrected chi connectivity index (χ2v) is 15.5. The van der Waals surface area contributed by atoms with Gasteiger partial charge in [0.15, 0.2) is 0 Å². The number of oxime groups is 1. The van der Waals surface area contributed by atoms with Crippen molar-refractivity contribution in [2.75, 3.05) is 6.54 Å². The Morgan fingerprint density at radius 2 is 1.79 bits per heavy atom. The van der Waals surface area contributed by atoms with Gasteiger partial charge in [0.05, 0.1) is 23.4 Å². The SMILES string of the molecule is CC(C)C[C@H](NC(=O)C1(Cc2ccccc2)CC(CCNC(=O)c2nccc3ccccc23)=NO1)B1O[C@@H]2C[C@@H]3C[C@@H](C3(C)C)[C@]2(C)O1. The van der Waals surface area contributed by atoms with Gasteiger partial charge in [0.2, 0.25) is 5.60 Å². The lowest BCUT2D eigenvalue weighted by Gasteiger charge is -2.64. The van der Waals surface area contributed by atoms with Crippen molar-refractivity contribution in [2.45, 2.75) is 96.4 Å². The molecule has 5 aliphatic rings. The molecule has 2 N–H and O–H groups in total. The number of pyridine rings is 1. The lowest BCUT2D eigenvalue weighted by molar-refractivity contribution is -0.199. The van der Waals surface area contributed by atoms with Crippen LogP contribution in [0.5, 0.6) is 0 Å². The highest BCUT2D eigenvalue weighted by atomic mass is 16.7. The minimum atomic E-state index is -1.23. The Morgan fingerprint density at radius 3 is 2.56 bits per heavy atom. The standard InChI is InChI=1S/C38H47BN4O5/c1-24(2)19-32(39-46-31-21-27-20-30(36(27,3)4)37(31,5)47-39)42-35(45)38(22-25-11-7-6-8-12-25)23-28(43-48-38)16-18-41-34(44)33-29-14-10-9-13-26(29)15-17-40-33/h6-15,17,24,27,30-32H,16,18-23H2,1-5H3,(H,41,44)(H,42,45)/t27-,30-,31+,32-,37-,38?/m0/s1. The summed E-state index contributed by atoms with van der Waals surface area (Å²) in [6.07, 6.45) is 5.67. The van der Waals surface area contributed by atoms with Crippen LogP contribution in [-0.2, 0) is 25.4 Å². The second kappa shape index (κ2) is 12.6. The summed E-state index contributed by atoms with van der Waals surface area (Å²) < 4.78 is 13.5. The van der Waals surface area contributed by atoms with Crippen LogP contribution in [0.4, 0.5) is 0 Å². The van der Waals surface area contributed by atoms with Gasteiger partial charge in [-0.25, -0.2) is 0 Å². The van der Waals surface area contributed by atoms with Crippen LogP contribution in [-0.4, -0.2) is 59.4 Å². The van der Waals surface area contributed by atoms with Crippen molar-refractivity contribution in [2.24, 2.45) is 28.3 Å². The Hall–Kier alpha value is -3.76. The number of benzene rings is 2. The predicted molar refractivity (Wildman–Crippen MR) is 186 cm³/mol. The van der Waals surface area contributed by atoms with E-state index in [1.54, 1.807) is 6.20 Å². The van der Waals surface area contributed by atoms with Crippen LogP contribution in [0, 0.1) is 23.2 Å². The van der Waals surface area contributed by atoms with Crippen molar-refractivity contribution in [3.05, 3.63) is 78.1 Å². The summed E-state index contributed by atoms with van der Waals surface area (Å²) in [5.74, 6) is 0.576. The van der Waals surface area contributed by atoms with Gasteiger partial charge in [-0.1, -0.05) is 87.4 Å². The van der Waals surface area contributed by atoms with Crippen molar-refractivity contribution in [1.29, 1.82) is 0 Å². The zero-order valence-corrected chi connectivity index (χ0v) is 28.7. The molecule has 2 bridgehead atoms. The van der Waals surface area contributed by atoms with Crippen molar-refractivity contribution >= 4 is 35.4 Å². The van der Waals surface area contributed by atoms with E-state index in [2.05, 4.69) is 55.4 Å². The topological polar surface area (TPSA) is 111 Å². The monoisotopic (exact) mass is 650 g/mol. The van der Waals surface area contributed by atoms with Gasteiger partial charge < -0.3 is 24.8 Å². The minimum absolute atomic E-state index is 0.0288. The minimum Gasteiger partial charge on any atom is -0.404 e. The Balaban J connectivity index is 1.04.